The van der Waals surface area contributed by atoms with Crippen molar-refractivity contribution in [1.82, 2.24) is 0 Å². The molecule has 2 aliphatic rings. The first-order valence-electron chi connectivity index (χ1n) is 6.40. The van der Waals surface area contributed by atoms with Gasteiger partial charge in [0.2, 0.25) is 0 Å². The van der Waals surface area contributed by atoms with Gasteiger partial charge in [-0.1, -0.05) is 25.0 Å². The number of ether oxygens (including phenoxy) is 1. The van der Waals surface area contributed by atoms with Crippen molar-refractivity contribution in [2.75, 3.05) is 11.5 Å². The molecule has 0 bridgehead atoms. The molecule has 1 aliphatic carbocycles. The van der Waals surface area contributed by atoms with Crippen LogP contribution in [0.1, 0.15) is 31.2 Å². The van der Waals surface area contributed by atoms with E-state index in [1.54, 1.807) is 0 Å². The maximum atomic E-state index is 6.47. The third kappa shape index (κ3) is 2.31. The van der Waals surface area contributed by atoms with Gasteiger partial charge in [0.25, 0.3) is 0 Å². The van der Waals surface area contributed by atoms with Crippen LogP contribution in [0.2, 0.25) is 0 Å². The molecule has 0 unspecified atom stereocenters. The van der Waals surface area contributed by atoms with Crippen molar-refractivity contribution in [3.63, 3.8) is 0 Å². The van der Waals surface area contributed by atoms with Gasteiger partial charge in [0.05, 0.1) is 0 Å². The molecular weight excluding hydrogens is 230 g/mol. The fourth-order valence-corrected chi connectivity index (χ4v) is 3.21. The first-order chi connectivity index (χ1) is 8.26. The molecule has 1 saturated heterocycles. The monoisotopic (exact) mass is 249 g/mol. The smallest absolute Gasteiger partial charge is 0.120 e. The van der Waals surface area contributed by atoms with E-state index in [0.717, 1.165) is 30.1 Å². The van der Waals surface area contributed by atoms with Crippen LogP contribution in [0.3, 0.4) is 0 Å². The molecule has 3 rings (SSSR count). The van der Waals surface area contributed by atoms with Gasteiger partial charge in [0.1, 0.15) is 11.9 Å². The third-order valence-corrected chi connectivity index (χ3v) is 5.03. The summed E-state index contributed by atoms with van der Waals surface area (Å²) in [6.07, 6.45) is 5.13. The van der Waals surface area contributed by atoms with Crippen LogP contribution < -0.4 is 10.5 Å². The molecule has 0 atom stereocenters. The maximum absolute atomic E-state index is 6.47. The molecule has 0 spiro atoms. The average Bonchev–Trinajstić information content (AvgIpc) is 2.73. The van der Waals surface area contributed by atoms with Crippen LogP contribution in [0.5, 0.6) is 5.75 Å². The van der Waals surface area contributed by atoms with Crippen molar-refractivity contribution < 1.29 is 4.74 Å². The number of rotatable bonds is 3. The highest BCUT2D eigenvalue weighted by Crippen LogP contribution is 2.37. The zero-order chi connectivity index (χ0) is 11.7. The topological polar surface area (TPSA) is 35.2 Å². The Bertz CT molecular complexity index is 397. The van der Waals surface area contributed by atoms with Crippen LogP contribution in [0.25, 0.3) is 0 Å². The molecule has 1 aromatic carbocycles. The van der Waals surface area contributed by atoms with Gasteiger partial charge in [-0.3, -0.25) is 0 Å². The van der Waals surface area contributed by atoms with Gasteiger partial charge in [-0.05, 0) is 30.5 Å². The predicted octanol–water partition coefficient (Wildman–Crippen LogP) is 2.91. The van der Waals surface area contributed by atoms with Gasteiger partial charge in [0.15, 0.2) is 0 Å². The van der Waals surface area contributed by atoms with Gasteiger partial charge in [0, 0.05) is 17.0 Å². The first-order valence-corrected chi connectivity index (χ1v) is 7.56. The SMILES string of the molecule is NC1(c2cccc(OC3CSC3)c2)CCCC1. The van der Waals surface area contributed by atoms with Crippen molar-refractivity contribution in [1.29, 1.82) is 0 Å². The minimum atomic E-state index is -0.103. The number of nitrogens with two attached hydrogens (primary N) is 1. The number of hydrogen-bond donors (Lipinski definition) is 1. The Morgan fingerprint density at radius 2 is 2.00 bits per heavy atom. The summed E-state index contributed by atoms with van der Waals surface area (Å²) >= 11 is 1.94. The molecule has 1 saturated carbocycles. The second kappa shape index (κ2) is 4.54. The zero-order valence-electron chi connectivity index (χ0n) is 10.0. The van der Waals surface area contributed by atoms with Crippen LogP contribution in [0.15, 0.2) is 24.3 Å². The van der Waals surface area contributed by atoms with Gasteiger partial charge in [-0.15, -0.1) is 0 Å². The molecule has 1 aromatic rings. The Morgan fingerprint density at radius 1 is 1.24 bits per heavy atom. The van der Waals surface area contributed by atoms with E-state index in [2.05, 4.69) is 18.2 Å². The molecule has 3 heteroatoms. The summed E-state index contributed by atoms with van der Waals surface area (Å²) in [6, 6.07) is 8.41. The molecule has 1 aliphatic heterocycles. The zero-order valence-corrected chi connectivity index (χ0v) is 10.8. The van der Waals surface area contributed by atoms with Crippen LogP contribution in [0, 0.1) is 0 Å². The highest BCUT2D eigenvalue weighted by atomic mass is 32.2. The summed E-state index contributed by atoms with van der Waals surface area (Å²) in [6.45, 7) is 0. The molecule has 2 fully saturated rings. The number of thioether (sulfide) groups is 1. The lowest BCUT2D eigenvalue weighted by Crippen LogP contribution is -2.33. The van der Waals surface area contributed by atoms with E-state index in [9.17, 15) is 0 Å². The molecule has 0 radical (unpaired) electrons. The Hall–Kier alpha value is -0.670. The van der Waals surface area contributed by atoms with Crippen molar-refractivity contribution in [2.45, 2.75) is 37.3 Å². The number of benzene rings is 1. The van der Waals surface area contributed by atoms with Gasteiger partial charge in [-0.25, -0.2) is 0 Å². The van der Waals surface area contributed by atoms with E-state index >= 15 is 0 Å². The van der Waals surface area contributed by atoms with E-state index in [-0.39, 0.29) is 5.54 Å². The molecule has 2 N–H and O–H groups in total. The predicted molar refractivity (Wildman–Crippen MR) is 72.5 cm³/mol. The summed E-state index contributed by atoms with van der Waals surface area (Å²) in [5.74, 6) is 3.24. The average molecular weight is 249 g/mol. The van der Waals surface area contributed by atoms with Crippen molar-refractivity contribution >= 4 is 11.8 Å². The summed E-state index contributed by atoms with van der Waals surface area (Å²) in [4.78, 5) is 0. The van der Waals surface area contributed by atoms with E-state index in [0.29, 0.717) is 6.10 Å². The van der Waals surface area contributed by atoms with Crippen molar-refractivity contribution in [3.05, 3.63) is 29.8 Å². The standard InChI is InChI=1S/C14H19NOS/c15-14(6-1-2-7-14)11-4-3-5-12(8-11)16-13-9-17-10-13/h3-5,8,13H,1-2,6-7,9-10,15H2. The second-order valence-electron chi connectivity index (χ2n) is 5.17. The largest absolute Gasteiger partial charge is 0.489 e. The van der Waals surface area contributed by atoms with Gasteiger partial charge >= 0.3 is 0 Å². The molecule has 0 amide bonds. The fraction of sp³-hybridized carbons (Fsp3) is 0.571. The van der Waals surface area contributed by atoms with E-state index in [1.807, 2.05) is 17.8 Å². The van der Waals surface area contributed by atoms with E-state index < -0.39 is 0 Å². The Balaban J connectivity index is 1.78. The summed E-state index contributed by atoms with van der Waals surface area (Å²) < 4.78 is 5.92. The van der Waals surface area contributed by atoms with Crippen molar-refractivity contribution in [2.24, 2.45) is 5.73 Å². The Labute approximate surface area is 107 Å². The van der Waals surface area contributed by atoms with Gasteiger partial charge < -0.3 is 10.5 Å². The summed E-state index contributed by atoms with van der Waals surface area (Å²) in [5, 5.41) is 0. The molecule has 0 aromatic heterocycles. The second-order valence-corrected chi connectivity index (χ2v) is 6.24. The summed E-state index contributed by atoms with van der Waals surface area (Å²) in [5.41, 5.74) is 7.61. The molecule has 92 valence electrons. The Kier molecular flexibility index (Phi) is 3.05. The normalized spacial score (nSPS) is 23.4. The van der Waals surface area contributed by atoms with Crippen molar-refractivity contribution in [3.8, 4) is 5.75 Å². The highest BCUT2D eigenvalue weighted by Gasteiger charge is 2.31. The number of hydrogen-bond acceptors (Lipinski definition) is 3. The minimum absolute atomic E-state index is 0.103. The quantitative estimate of drug-likeness (QED) is 0.894. The molecular formula is C14H19NOS. The van der Waals surface area contributed by atoms with Crippen LogP contribution in [-0.4, -0.2) is 17.6 Å². The first kappa shape index (κ1) is 11.4. The fourth-order valence-electron chi connectivity index (χ4n) is 2.65. The highest BCUT2D eigenvalue weighted by molar-refractivity contribution is 8.00. The molecule has 1 heterocycles. The van der Waals surface area contributed by atoms with Gasteiger partial charge in [-0.2, -0.15) is 11.8 Å². The minimum Gasteiger partial charge on any atom is -0.489 e. The Morgan fingerprint density at radius 3 is 2.65 bits per heavy atom. The lowest BCUT2D eigenvalue weighted by atomic mass is 9.89. The molecule has 2 nitrogen and oxygen atoms in total. The maximum Gasteiger partial charge on any atom is 0.120 e. The lowest BCUT2D eigenvalue weighted by molar-refractivity contribution is 0.239. The molecule has 17 heavy (non-hydrogen) atoms. The van der Waals surface area contributed by atoms with E-state index in [4.69, 9.17) is 10.5 Å². The lowest BCUT2D eigenvalue weighted by Gasteiger charge is -2.28. The van der Waals surface area contributed by atoms with Crippen LogP contribution in [-0.2, 0) is 5.54 Å². The van der Waals surface area contributed by atoms with Crippen LogP contribution in [0.4, 0.5) is 0 Å². The third-order valence-electron chi connectivity index (χ3n) is 3.81. The van der Waals surface area contributed by atoms with E-state index in [1.165, 1.54) is 18.4 Å². The van der Waals surface area contributed by atoms with Crippen LogP contribution >= 0.6 is 11.8 Å². The summed E-state index contributed by atoms with van der Waals surface area (Å²) in [7, 11) is 0.